The van der Waals surface area contributed by atoms with Crippen molar-refractivity contribution in [2.45, 2.75) is 52.4 Å². The average Bonchev–Trinajstić information content (AvgIpc) is 1.84. The molecule has 0 aromatic heterocycles. The molecule has 0 amide bonds. The van der Waals surface area contributed by atoms with Gasteiger partial charge in [-0.2, -0.15) is 0 Å². The second-order valence-corrected chi connectivity index (χ2v) is 4.69. The molecule has 68 valence electrons. The maximum absolute atomic E-state index is 5.55. The lowest BCUT2D eigenvalue weighted by Gasteiger charge is -2.21. The Morgan fingerprint density at radius 2 is 1.27 bits per heavy atom. The fourth-order valence-electron chi connectivity index (χ4n) is 0.832. The molecule has 0 heterocycles. The quantitative estimate of drug-likeness (QED) is 0.465. The van der Waals surface area contributed by atoms with E-state index in [2.05, 4.69) is 6.55 Å². The highest BCUT2D eigenvalue weighted by molar-refractivity contribution is 6.34. The molecule has 0 N–H and O–H groups in total. The highest BCUT2D eigenvalue weighted by Gasteiger charge is 2.10. The molecule has 0 aliphatic heterocycles. The van der Waals surface area contributed by atoms with Gasteiger partial charge in [-0.05, 0) is 27.7 Å². The van der Waals surface area contributed by atoms with Crippen LogP contribution in [0.5, 0.6) is 0 Å². The molecule has 0 saturated carbocycles. The van der Waals surface area contributed by atoms with Gasteiger partial charge in [-0.1, -0.05) is 6.55 Å². The van der Waals surface area contributed by atoms with E-state index >= 15 is 0 Å². The van der Waals surface area contributed by atoms with Crippen LogP contribution >= 0.6 is 0 Å². The van der Waals surface area contributed by atoms with Crippen molar-refractivity contribution >= 4 is 9.52 Å². The lowest BCUT2D eigenvalue weighted by atomic mass is 10.5. The second-order valence-electron chi connectivity index (χ2n) is 3.21. The van der Waals surface area contributed by atoms with E-state index < -0.39 is 0 Å². The minimum atomic E-state index is -0.202. The van der Waals surface area contributed by atoms with Gasteiger partial charge in [0, 0.05) is 0 Å². The van der Waals surface area contributed by atoms with Crippen molar-refractivity contribution in [1.82, 2.24) is 0 Å². The molecule has 11 heavy (non-hydrogen) atoms. The molecular weight excluding hydrogens is 156 g/mol. The van der Waals surface area contributed by atoms with Crippen molar-refractivity contribution in [2.75, 3.05) is 0 Å². The van der Waals surface area contributed by atoms with Crippen LogP contribution in [0.3, 0.4) is 0 Å². The lowest BCUT2D eigenvalue weighted by Crippen LogP contribution is -2.28. The maximum atomic E-state index is 5.55. The Morgan fingerprint density at radius 1 is 0.909 bits per heavy atom. The van der Waals surface area contributed by atoms with E-state index in [1.165, 1.54) is 0 Å². The lowest BCUT2D eigenvalue weighted by molar-refractivity contribution is -0.133. The van der Waals surface area contributed by atoms with Gasteiger partial charge in [-0.15, -0.1) is 0 Å². The molecule has 3 heteroatoms. The predicted octanol–water partition coefficient (Wildman–Crippen LogP) is 1.34. The van der Waals surface area contributed by atoms with Crippen LogP contribution in [0.15, 0.2) is 0 Å². The Morgan fingerprint density at radius 3 is 1.45 bits per heavy atom. The van der Waals surface area contributed by atoms with Crippen LogP contribution in [0.2, 0.25) is 6.55 Å². The van der Waals surface area contributed by atoms with E-state index in [1.807, 2.05) is 27.7 Å². The van der Waals surface area contributed by atoms with Crippen LogP contribution in [-0.2, 0) is 9.47 Å². The van der Waals surface area contributed by atoms with Gasteiger partial charge in [-0.3, -0.25) is 0 Å². The molecule has 0 saturated heterocycles. The molecule has 0 unspecified atom stereocenters. The zero-order chi connectivity index (χ0) is 8.85. The standard InChI is InChI=1S/C8H20O2Si/c1-6(2)9-8(11-5)10-7(3)4/h6-8H,11H2,1-5H3. The highest BCUT2D eigenvalue weighted by Crippen LogP contribution is 2.01. The zero-order valence-electron chi connectivity index (χ0n) is 8.26. The molecule has 0 radical (unpaired) electrons. The van der Waals surface area contributed by atoms with Crippen LogP contribution < -0.4 is 0 Å². The molecule has 0 atom stereocenters. The first-order valence-corrected chi connectivity index (χ1v) is 6.60. The predicted molar refractivity (Wildman–Crippen MR) is 50.6 cm³/mol. The first kappa shape index (κ1) is 11.1. The Hall–Kier alpha value is 0.137. The van der Waals surface area contributed by atoms with Gasteiger partial charge in [-0.25, -0.2) is 0 Å². The molecule has 0 rings (SSSR count). The fourth-order valence-corrected chi connectivity index (χ4v) is 1.99. The SMILES string of the molecule is C[SiH2]C(OC(C)C)OC(C)C. The number of ether oxygens (including phenoxy) is 2. The van der Waals surface area contributed by atoms with E-state index in [9.17, 15) is 0 Å². The topological polar surface area (TPSA) is 18.5 Å². The minimum absolute atomic E-state index is 0.106. The van der Waals surface area contributed by atoms with Gasteiger partial charge in [0.2, 0.25) is 0 Å². The maximum Gasteiger partial charge on any atom is 0.135 e. The molecule has 0 aromatic carbocycles. The summed E-state index contributed by atoms with van der Waals surface area (Å²) in [5.41, 5.74) is 0. The Balaban J connectivity index is 3.58. The number of hydrogen-bond acceptors (Lipinski definition) is 2. The van der Waals surface area contributed by atoms with Gasteiger partial charge in [0.15, 0.2) is 0 Å². The molecule has 0 aromatic rings. The third kappa shape index (κ3) is 6.53. The Labute approximate surface area is 72.1 Å². The first-order valence-electron chi connectivity index (χ1n) is 4.37. The molecule has 0 aliphatic rings. The van der Waals surface area contributed by atoms with Crippen LogP contribution in [0.25, 0.3) is 0 Å². The molecule has 2 nitrogen and oxygen atoms in total. The Kier molecular flexibility index (Phi) is 5.82. The summed E-state index contributed by atoms with van der Waals surface area (Å²) in [4.78, 5) is 0. The molecule has 0 bridgehead atoms. The van der Waals surface area contributed by atoms with Crippen molar-refractivity contribution in [3.63, 3.8) is 0 Å². The first-order chi connectivity index (χ1) is 5.06. The third-order valence-electron chi connectivity index (χ3n) is 1.18. The Bertz CT molecular complexity index is 84.1. The van der Waals surface area contributed by atoms with Gasteiger partial charge in [0.25, 0.3) is 0 Å². The summed E-state index contributed by atoms with van der Waals surface area (Å²) in [5, 5.41) is 0. The summed E-state index contributed by atoms with van der Waals surface area (Å²) in [5.74, 6) is 0.106. The average molecular weight is 176 g/mol. The molecule has 0 fully saturated rings. The van der Waals surface area contributed by atoms with Gasteiger partial charge < -0.3 is 9.47 Å². The molecular formula is C8H20O2Si. The summed E-state index contributed by atoms with van der Waals surface area (Å²) in [6.07, 6.45) is 0.567. The van der Waals surface area contributed by atoms with Gasteiger partial charge in [0.05, 0.1) is 21.7 Å². The van der Waals surface area contributed by atoms with Crippen molar-refractivity contribution < 1.29 is 9.47 Å². The van der Waals surface area contributed by atoms with E-state index in [0.29, 0.717) is 0 Å². The van der Waals surface area contributed by atoms with Crippen molar-refractivity contribution in [3.05, 3.63) is 0 Å². The van der Waals surface area contributed by atoms with E-state index in [-0.39, 0.29) is 27.6 Å². The largest absolute Gasteiger partial charge is 0.354 e. The van der Waals surface area contributed by atoms with Crippen molar-refractivity contribution in [3.8, 4) is 0 Å². The smallest absolute Gasteiger partial charge is 0.135 e. The normalized spacial score (nSPS) is 13.1. The molecule has 0 aliphatic carbocycles. The highest BCUT2D eigenvalue weighted by atomic mass is 28.2. The summed E-state index contributed by atoms with van der Waals surface area (Å²) in [7, 11) is -0.202. The summed E-state index contributed by atoms with van der Waals surface area (Å²) < 4.78 is 11.1. The van der Waals surface area contributed by atoms with Gasteiger partial charge >= 0.3 is 0 Å². The third-order valence-corrected chi connectivity index (χ3v) is 2.23. The second kappa shape index (κ2) is 5.74. The van der Waals surface area contributed by atoms with Crippen LogP contribution in [0.4, 0.5) is 0 Å². The number of hydrogen-bond donors (Lipinski definition) is 0. The van der Waals surface area contributed by atoms with Crippen LogP contribution in [0.1, 0.15) is 27.7 Å². The van der Waals surface area contributed by atoms with Gasteiger partial charge in [0.1, 0.15) is 5.91 Å². The van der Waals surface area contributed by atoms with E-state index in [1.54, 1.807) is 0 Å². The van der Waals surface area contributed by atoms with Crippen LogP contribution in [-0.4, -0.2) is 27.6 Å². The summed E-state index contributed by atoms with van der Waals surface area (Å²) in [6, 6.07) is 0. The minimum Gasteiger partial charge on any atom is -0.354 e. The molecule has 0 spiro atoms. The van der Waals surface area contributed by atoms with Crippen molar-refractivity contribution in [1.29, 1.82) is 0 Å². The van der Waals surface area contributed by atoms with E-state index in [4.69, 9.17) is 9.47 Å². The van der Waals surface area contributed by atoms with Crippen molar-refractivity contribution in [2.24, 2.45) is 0 Å². The zero-order valence-corrected chi connectivity index (χ0v) is 9.67. The summed E-state index contributed by atoms with van der Waals surface area (Å²) >= 11 is 0. The van der Waals surface area contributed by atoms with Crippen LogP contribution in [0, 0.1) is 0 Å². The fraction of sp³-hybridized carbons (Fsp3) is 1.00. The number of rotatable bonds is 5. The monoisotopic (exact) mass is 176 g/mol. The van der Waals surface area contributed by atoms with E-state index in [0.717, 1.165) is 0 Å². The summed E-state index contributed by atoms with van der Waals surface area (Å²) in [6.45, 7) is 10.4.